The maximum Gasteiger partial charge on any atom is 0.169 e. The average molecular weight is 325 g/mol. The highest BCUT2D eigenvalue weighted by molar-refractivity contribution is 7.80. The number of unbranched alkanes of at least 4 members (excludes halogenated alkanes) is 1. The van der Waals surface area contributed by atoms with E-state index < -0.39 is 0 Å². The van der Waals surface area contributed by atoms with E-state index in [0.29, 0.717) is 6.04 Å². The molecule has 0 saturated carbocycles. The summed E-state index contributed by atoms with van der Waals surface area (Å²) < 4.78 is 13.1. The summed E-state index contributed by atoms with van der Waals surface area (Å²) >= 11 is 5.40. The zero-order chi connectivity index (χ0) is 15.9. The van der Waals surface area contributed by atoms with Gasteiger partial charge in [-0.2, -0.15) is 0 Å². The van der Waals surface area contributed by atoms with E-state index in [1.807, 2.05) is 19.2 Å². The molecule has 4 nitrogen and oxygen atoms in total. The molecule has 1 heterocycles. The summed E-state index contributed by atoms with van der Waals surface area (Å²) in [6.07, 6.45) is 2.77. The second kappa shape index (κ2) is 8.29. The van der Waals surface area contributed by atoms with E-state index in [1.54, 1.807) is 0 Å². The molecule has 0 spiro atoms. The Morgan fingerprint density at radius 2 is 2.05 bits per heavy atom. The second-order valence-electron chi connectivity index (χ2n) is 5.54. The Morgan fingerprint density at radius 3 is 2.68 bits per heavy atom. The molecule has 0 radical (unpaired) electrons. The van der Waals surface area contributed by atoms with Crippen molar-refractivity contribution < 1.29 is 9.50 Å². The number of aliphatic hydroxyl groups is 1. The number of halogens is 1. The van der Waals surface area contributed by atoms with Crippen LogP contribution in [0.15, 0.2) is 24.3 Å². The first kappa shape index (κ1) is 17.0. The monoisotopic (exact) mass is 325 g/mol. The van der Waals surface area contributed by atoms with Crippen molar-refractivity contribution in [3.8, 4) is 0 Å². The van der Waals surface area contributed by atoms with Gasteiger partial charge >= 0.3 is 0 Å². The van der Waals surface area contributed by atoms with Gasteiger partial charge in [0, 0.05) is 45.0 Å². The third kappa shape index (κ3) is 4.30. The molecule has 0 aliphatic carbocycles. The van der Waals surface area contributed by atoms with Gasteiger partial charge in [0.05, 0.1) is 0 Å². The maximum absolute atomic E-state index is 13.1. The van der Waals surface area contributed by atoms with Gasteiger partial charge in [-0.25, -0.2) is 4.39 Å². The molecule has 2 N–H and O–H groups in total. The number of aliphatic hydroxyl groups excluding tert-OH is 1. The van der Waals surface area contributed by atoms with E-state index >= 15 is 0 Å². The predicted molar refractivity (Wildman–Crippen MR) is 91.7 cm³/mol. The summed E-state index contributed by atoms with van der Waals surface area (Å²) in [7, 11) is 1.85. The topological polar surface area (TPSA) is 38.7 Å². The lowest BCUT2D eigenvalue weighted by atomic mass is 10.0. The number of anilines is 1. The smallest absolute Gasteiger partial charge is 0.169 e. The van der Waals surface area contributed by atoms with Crippen LogP contribution in [0.25, 0.3) is 0 Å². The fourth-order valence-electron chi connectivity index (χ4n) is 2.89. The molecule has 1 fully saturated rings. The third-order valence-electron chi connectivity index (χ3n) is 4.09. The van der Waals surface area contributed by atoms with Crippen LogP contribution in [-0.2, 0) is 0 Å². The average Bonchev–Trinajstić information content (AvgIpc) is 2.55. The zero-order valence-electron chi connectivity index (χ0n) is 13.0. The summed E-state index contributed by atoms with van der Waals surface area (Å²) in [5.74, 6) is -0.210. The van der Waals surface area contributed by atoms with Crippen molar-refractivity contribution in [2.45, 2.75) is 25.3 Å². The molecule has 1 aliphatic rings. The largest absolute Gasteiger partial charge is 0.396 e. The molecule has 0 amide bonds. The van der Waals surface area contributed by atoms with E-state index in [4.69, 9.17) is 17.3 Å². The van der Waals surface area contributed by atoms with Gasteiger partial charge in [-0.3, -0.25) is 0 Å². The van der Waals surface area contributed by atoms with Crippen molar-refractivity contribution >= 4 is 23.0 Å². The summed E-state index contributed by atoms with van der Waals surface area (Å²) in [5, 5.41) is 12.8. The molecule has 1 aromatic rings. The highest BCUT2D eigenvalue weighted by atomic mass is 32.1. The van der Waals surface area contributed by atoms with Crippen molar-refractivity contribution in [1.82, 2.24) is 10.2 Å². The predicted octanol–water partition coefficient (Wildman–Crippen LogP) is 1.98. The van der Waals surface area contributed by atoms with Crippen molar-refractivity contribution in [1.29, 1.82) is 0 Å². The molecular formula is C16H24FN3OS. The number of piperazine rings is 1. The van der Waals surface area contributed by atoms with E-state index in [1.165, 1.54) is 12.1 Å². The first-order valence-corrected chi connectivity index (χ1v) is 8.16. The molecule has 1 atom stereocenters. The molecule has 0 bridgehead atoms. The van der Waals surface area contributed by atoms with Crippen LogP contribution in [0.3, 0.4) is 0 Å². The lowest BCUT2D eigenvalue weighted by molar-refractivity contribution is 0.242. The standard InChI is InChI=1S/C16H24FN3OS/c1-18-16(22)20-10-9-19(12-15(20)4-2-3-11-21)14-7-5-13(17)6-8-14/h5-8,15,21H,2-4,9-12H2,1H3,(H,18,22). The Hall–Kier alpha value is -1.40. The van der Waals surface area contributed by atoms with Crippen LogP contribution in [0.2, 0.25) is 0 Å². The molecule has 2 rings (SSSR count). The fraction of sp³-hybridized carbons (Fsp3) is 0.562. The molecule has 1 saturated heterocycles. The van der Waals surface area contributed by atoms with Crippen LogP contribution in [0.1, 0.15) is 19.3 Å². The quantitative estimate of drug-likeness (QED) is 0.640. The van der Waals surface area contributed by atoms with E-state index in [-0.39, 0.29) is 12.4 Å². The summed E-state index contributed by atoms with van der Waals surface area (Å²) in [6, 6.07) is 6.96. The number of nitrogens with one attached hydrogen (secondary N) is 1. The molecular weight excluding hydrogens is 301 g/mol. The number of benzene rings is 1. The van der Waals surface area contributed by atoms with Crippen LogP contribution >= 0.6 is 12.2 Å². The van der Waals surface area contributed by atoms with Gasteiger partial charge in [0.1, 0.15) is 5.82 Å². The second-order valence-corrected chi connectivity index (χ2v) is 5.93. The minimum Gasteiger partial charge on any atom is -0.396 e. The Morgan fingerprint density at radius 1 is 1.32 bits per heavy atom. The molecule has 1 aromatic carbocycles. The highest BCUT2D eigenvalue weighted by Crippen LogP contribution is 2.22. The van der Waals surface area contributed by atoms with Gasteiger partial charge in [0.25, 0.3) is 0 Å². The third-order valence-corrected chi connectivity index (χ3v) is 4.53. The van der Waals surface area contributed by atoms with Crippen LogP contribution in [0.5, 0.6) is 0 Å². The summed E-state index contributed by atoms with van der Waals surface area (Å²) in [5.41, 5.74) is 1.04. The lowest BCUT2D eigenvalue weighted by Crippen LogP contribution is -2.57. The van der Waals surface area contributed by atoms with Gasteiger partial charge in [-0.1, -0.05) is 0 Å². The number of nitrogens with zero attached hydrogens (tertiary/aromatic N) is 2. The molecule has 1 aliphatic heterocycles. The van der Waals surface area contributed by atoms with E-state index in [0.717, 1.165) is 49.7 Å². The Labute approximate surface area is 136 Å². The highest BCUT2D eigenvalue weighted by Gasteiger charge is 2.28. The summed E-state index contributed by atoms with van der Waals surface area (Å²) in [6.45, 7) is 2.80. The zero-order valence-corrected chi connectivity index (χ0v) is 13.8. The molecule has 22 heavy (non-hydrogen) atoms. The van der Waals surface area contributed by atoms with Gasteiger partial charge < -0.3 is 20.2 Å². The first-order valence-electron chi connectivity index (χ1n) is 7.75. The van der Waals surface area contributed by atoms with Gasteiger partial charge in [0.2, 0.25) is 0 Å². The summed E-state index contributed by atoms with van der Waals surface area (Å²) in [4.78, 5) is 4.50. The Balaban J connectivity index is 2.05. The van der Waals surface area contributed by atoms with Gasteiger partial charge in [-0.05, 0) is 55.7 Å². The molecule has 122 valence electrons. The van der Waals surface area contributed by atoms with Crippen LogP contribution in [0.4, 0.5) is 10.1 Å². The van der Waals surface area contributed by atoms with Crippen molar-refractivity contribution in [3.05, 3.63) is 30.1 Å². The number of hydrogen-bond donors (Lipinski definition) is 2. The maximum atomic E-state index is 13.1. The minimum absolute atomic E-state index is 0.210. The minimum atomic E-state index is -0.210. The van der Waals surface area contributed by atoms with Crippen LogP contribution in [-0.4, -0.2) is 54.4 Å². The number of rotatable bonds is 5. The van der Waals surface area contributed by atoms with Gasteiger partial charge in [-0.15, -0.1) is 0 Å². The molecule has 0 aromatic heterocycles. The normalized spacial score (nSPS) is 18.4. The van der Waals surface area contributed by atoms with Crippen LogP contribution in [0, 0.1) is 5.82 Å². The van der Waals surface area contributed by atoms with E-state index in [2.05, 4.69) is 15.1 Å². The SMILES string of the molecule is CNC(=S)N1CCN(c2ccc(F)cc2)CC1CCCCO. The first-order chi connectivity index (χ1) is 10.7. The number of thiocarbonyl (C=S) groups is 1. The Bertz CT molecular complexity index is 483. The van der Waals surface area contributed by atoms with Crippen LogP contribution < -0.4 is 10.2 Å². The van der Waals surface area contributed by atoms with Crippen molar-refractivity contribution in [2.24, 2.45) is 0 Å². The molecule has 1 unspecified atom stereocenters. The van der Waals surface area contributed by atoms with Gasteiger partial charge in [0.15, 0.2) is 5.11 Å². The Kier molecular flexibility index (Phi) is 6.39. The van der Waals surface area contributed by atoms with E-state index in [9.17, 15) is 4.39 Å². The lowest BCUT2D eigenvalue weighted by Gasteiger charge is -2.43. The number of hydrogen-bond acceptors (Lipinski definition) is 3. The van der Waals surface area contributed by atoms with Crippen molar-refractivity contribution in [3.63, 3.8) is 0 Å². The van der Waals surface area contributed by atoms with Crippen molar-refractivity contribution in [2.75, 3.05) is 38.2 Å². The fourth-order valence-corrected chi connectivity index (χ4v) is 3.13. The molecule has 6 heteroatoms.